The number of rotatable bonds is 9. The van der Waals surface area contributed by atoms with E-state index in [9.17, 15) is 8.42 Å². The second kappa shape index (κ2) is 9.57. The van der Waals surface area contributed by atoms with Gasteiger partial charge in [-0.25, -0.2) is 13.4 Å². The summed E-state index contributed by atoms with van der Waals surface area (Å²) in [5.41, 5.74) is 2.52. The number of pyridine rings is 1. The molecule has 3 aromatic heterocycles. The van der Waals surface area contributed by atoms with E-state index in [1.54, 1.807) is 41.2 Å². The first-order chi connectivity index (χ1) is 15.5. The maximum atomic E-state index is 12.9. The minimum Gasteiger partial charge on any atom is -0.497 e. The van der Waals surface area contributed by atoms with Crippen LogP contribution in [-0.2, 0) is 15.8 Å². The fourth-order valence-corrected chi connectivity index (χ4v) is 6.40. The lowest BCUT2D eigenvalue weighted by atomic mass is 10.2. The van der Waals surface area contributed by atoms with Gasteiger partial charge in [-0.2, -0.15) is 4.31 Å². The monoisotopic (exact) mass is 489 g/mol. The molecular weight excluding hydrogens is 466 g/mol. The molecule has 3 heterocycles. The molecule has 0 atom stereocenters. The molecule has 11 heteroatoms. The van der Waals surface area contributed by atoms with Crippen LogP contribution < -0.4 is 4.74 Å². The Labute approximate surface area is 195 Å². The van der Waals surface area contributed by atoms with Crippen molar-refractivity contribution in [1.29, 1.82) is 0 Å². The third-order valence-electron chi connectivity index (χ3n) is 4.90. The van der Waals surface area contributed by atoms with E-state index in [0.29, 0.717) is 29.6 Å². The summed E-state index contributed by atoms with van der Waals surface area (Å²) in [5.74, 6) is 1.38. The van der Waals surface area contributed by atoms with Crippen molar-refractivity contribution in [2.75, 3.05) is 20.2 Å². The van der Waals surface area contributed by atoms with Crippen LogP contribution in [-0.4, -0.2) is 52.5 Å². The molecule has 0 fully saturated rings. The van der Waals surface area contributed by atoms with Crippen molar-refractivity contribution in [3.63, 3.8) is 0 Å². The Morgan fingerprint density at radius 2 is 1.97 bits per heavy atom. The van der Waals surface area contributed by atoms with Crippen molar-refractivity contribution in [3.05, 3.63) is 53.7 Å². The van der Waals surface area contributed by atoms with Gasteiger partial charge in [0.15, 0.2) is 10.8 Å². The summed E-state index contributed by atoms with van der Waals surface area (Å²) in [5, 5.41) is 11.9. The third-order valence-corrected chi connectivity index (χ3v) is 8.85. The molecule has 0 saturated carbocycles. The highest BCUT2D eigenvalue weighted by Crippen LogP contribution is 2.30. The maximum Gasteiger partial charge on any atom is 0.244 e. The largest absolute Gasteiger partial charge is 0.497 e. The lowest BCUT2D eigenvalue weighted by Gasteiger charge is -2.18. The summed E-state index contributed by atoms with van der Waals surface area (Å²) in [6, 6.07) is 11.1. The van der Waals surface area contributed by atoms with Gasteiger partial charge in [0, 0.05) is 36.0 Å². The van der Waals surface area contributed by atoms with Crippen LogP contribution in [0.1, 0.15) is 19.5 Å². The zero-order valence-electron chi connectivity index (χ0n) is 17.9. The number of hydrogen-bond acceptors (Lipinski definition) is 8. The lowest BCUT2D eigenvalue weighted by Crippen LogP contribution is -2.30. The van der Waals surface area contributed by atoms with Gasteiger partial charge in [0.1, 0.15) is 10.8 Å². The number of nitrogens with zero attached hydrogens (tertiary/aromatic N) is 5. The Balaban J connectivity index is 1.55. The van der Waals surface area contributed by atoms with E-state index in [2.05, 4.69) is 10.2 Å². The first-order valence-electron chi connectivity index (χ1n) is 10.0. The Kier molecular flexibility index (Phi) is 6.79. The normalized spacial score (nSPS) is 12.0. The van der Waals surface area contributed by atoms with E-state index in [-0.39, 0.29) is 4.90 Å². The summed E-state index contributed by atoms with van der Waals surface area (Å²) < 4.78 is 34.2. The first-order valence-corrected chi connectivity index (χ1v) is 13.3. The van der Waals surface area contributed by atoms with Crippen molar-refractivity contribution in [3.8, 4) is 16.3 Å². The number of hydrogen-bond donors (Lipinski definition) is 0. The van der Waals surface area contributed by atoms with Gasteiger partial charge in [-0.05, 0) is 24.3 Å². The number of aromatic nitrogens is 4. The Morgan fingerprint density at radius 1 is 1.16 bits per heavy atom. The molecule has 0 saturated heterocycles. The number of fused-ring (bicyclic) bond motifs is 1. The van der Waals surface area contributed by atoms with Gasteiger partial charge in [0.05, 0.1) is 17.7 Å². The van der Waals surface area contributed by atoms with E-state index in [1.165, 1.54) is 16.1 Å². The smallest absolute Gasteiger partial charge is 0.244 e. The number of sulfonamides is 1. The van der Waals surface area contributed by atoms with Gasteiger partial charge in [-0.15, -0.1) is 21.5 Å². The van der Waals surface area contributed by atoms with Crippen LogP contribution in [0.25, 0.3) is 16.2 Å². The SMILES string of the molecule is CCN(CC)S(=O)(=O)c1ccc2nnc(SCc3csc(-c4cccc(OC)c4)n3)n2c1. The van der Waals surface area contributed by atoms with E-state index < -0.39 is 10.0 Å². The Morgan fingerprint density at radius 3 is 2.72 bits per heavy atom. The molecule has 4 rings (SSSR count). The minimum atomic E-state index is -3.56. The number of ether oxygens (including phenoxy) is 1. The van der Waals surface area contributed by atoms with Gasteiger partial charge in [-0.3, -0.25) is 4.40 Å². The maximum absolute atomic E-state index is 12.9. The van der Waals surface area contributed by atoms with Crippen molar-refractivity contribution < 1.29 is 13.2 Å². The van der Waals surface area contributed by atoms with Crippen LogP contribution >= 0.6 is 23.1 Å². The number of benzene rings is 1. The molecule has 0 N–H and O–H groups in total. The Bertz CT molecular complexity index is 1330. The summed E-state index contributed by atoms with van der Waals surface area (Å²) in [4.78, 5) is 4.95. The quantitative estimate of drug-likeness (QED) is 0.326. The van der Waals surface area contributed by atoms with Crippen LogP contribution in [0.5, 0.6) is 5.75 Å². The van der Waals surface area contributed by atoms with Crippen molar-refractivity contribution in [2.24, 2.45) is 0 Å². The van der Waals surface area contributed by atoms with Gasteiger partial charge < -0.3 is 4.74 Å². The molecule has 0 spiro atoms. The molecule has 32 heavy (non-hydrogen) atoms. The van der Waals surface area contributed by atoms with Crippen LogP contribution in [0.4, 0.5) is 0 Å². The molecule has 0 unspecified atom stereocenters. The summed E-state index contributed by atoms with van der Waals surface area (Å²) in [6.07, 6.45) is 1.59. The molecule has 8 nitrogen and oxygen atoms in total. The second-order valence-corrected chi connectivity index (χ2v) is 10.6. The van der Waals surface area contributed by atoms with Crippen LogP contribution in [0.2, 0.25) is 0 Å². The van der Waals surface area contributed by atoms with Crippen molar-refractivity contribution >= 4 is 38.8 Å². The molecule has 0 aliphatic carbocycles. The Hall–Kier alpha value is -2.47. The fraction of sp³-hybridized carbons (Fsp3) is 0.286. The molecule has 168 valence electrons. The van der Waals surface area contributed by atoms with Crippen molar-refractivity contribution in [2.45, 2.75) is 29.7 Å². The predicted octanol–water partition coefficient (Wildman–Crippen LogP) is 4.18. The third kappa shape index (κ3) is 4.51. The predicted molar refractivity (Wildman–Crippen MR) is 127 cm³/mol. The number of methoxy groups -OCH3 is 1. The molecule has 0 bridgehead atoms. The van der Waals surface area contributed by atoms with E-state index in [4.69, 9.17) is 9.72 Å². The zero-order chi connectivity index (χ0) is 22.7. The van der Waals surface area contributed by atoms with E-state index in [1.807, 2.05) is 43.5 Å². The summed E-state index contributed by atoms with van der Waals surface area (Å²) in [7, 11) is -1.92. The molecule has 0 amide bonds. The van der Waals surface area contributed by atoms with Crippen LogP contribution in [0.15, 0.2) is 58.0 Å². The first kappa shape index (κ1) is 22.7. The van der Waals surface area contributed by atoms with Crippen LogP contribution in [0, 0.1) is 0 Å². The molecule has 0 aliphatic heterocycles. The standard InChI is InChI=1S/C21H23N5O3S3/c1-4-25(5-2)32(27,28)18-9-10-19-23-24-21(26(19)12-18)31-14-16-13-30-20(22-16)15-7-6-8-17(11-15)29-3/h6-13H,4-5,14H2,1-3H3. The zero-order valence-corrected chi connectivity index (χ0v) is 20.4. The minimum absolute atomic E-state index is 0.226. The fourth-order valence-electron chi connectivity index (χ4n) is 3.21. The van der Waals surface area contributed by atoms with Gasteiger partial charge in [0.2, 0.25) is 10.0 Å². The van der Waals surface area contributed by atoms with Crippen molar-refractivity contribution in [1.82, 2.24) is 23.9 Å². The number of thiazole rings is 1. The average Bonchev–Trinajstić information content (AvgIpc) is 3.45. The van der Waals surface area contributed by atoms with Gasteiger partial charge in [0.25, 0.3) is 0 Å². The van der Waals surface area contributed by atoms with Gasteiger partial charge in [-0.1, -0.05) is 37.7 Å². The van der Waals surface area contributed by atoms with E-state index in [0.717, 1.165) is 22.0 Å². The topological polar surface area (TPSA) is 89.7 Å². The molecule has 0 aliphatic rings. The second-order valence-electron chi connectivity index (χ2n) is 6.83. The average molecular weight is 490 g/mol. The highest BCUT2D eigenvalue weighted by molar-refractivity contribution is 7.98. The lowest BCUT2D eigenvalue weighted by molar-refractivity contribution is 0.415. The molecule has 1 aromatic carbocycles. The van der Waals surface area contributed by atoms with E-state index >= 15 is 0 Å². The highest BCUT2D eigenvalue weighted by atomic mass is 32.2. The van der Waals surface area contributed by atoms with Crippen LogP contribution in [0.3, 0.4) is 0 Å². The molecular formula is C21H23N5O3S3. The molecule has 4 aromatic rings. The number of thioether (sulfide) groups is 1. The molecule has 0 radical (unpaired) electrons. The van der Waals surface area contributed by atoms with Gasteiger partial charge >= 0.3 is 0 Å². The summed E-state index contributed by atoms with van der Waals surface area (Å²) >= 11 is 3.03. The summed E-state index contributed by atoms with van der Waals surface area (Å²) in [6.45, 7) is 4.49. The highest BCUT2D eigenvalue weighted by Gasteiger charge is 2.23.